The van der Waals surface area contributed by atoms with Gasteiger partial charge in [0.1, 0.15) is 0 Å². The van der Waals surface area contributed by atoms with E-state index in [4.69, 9.17) is 5.11 Å². The van der Waals surface area contributed by atoms with Crippen LogP contribution >= 0.6 is 0 Å². The van der Waals surface area contributed by atoms with Crippen LogP contribution < -0.4 is 0 Å². The average Bonchev–Trinajstić information content (AvgIpc) is 2.29. The lowest BCUT2D eigenvalue weighted by Crippen LogP contribution is -2.45. The van der Waals surface area contributed by atoms with Crippen molar-refractivity contribution in [3.8, 4) is 0 Å². The van der Waals surface area contributed by atoms with E-state index in [0.717, 1.165) is 32.1 Å². The molecule has 1 fully saturated rings. The van der Waals surface area contributed by atoms with Crippen LogP contribution in [0.1, 0.15) is 59.8 Å². The van der Waals surface area contributed by atoms with E-state index in [1.54, 1.807) is 0 Å². The van der Waals surface area contributed by atoms with E-state index in [9.17, 15) is 9.90 Å². The average molecular weight is 242 g/mol. The molecule has 1 aliphatic carbocycles. The summed E-state index contributed by atoms with van der Waals surface area (Å²) >= 11 is 0. The Morgan fingerprint density at radius 1 is 1.12 bits per heavy atom. The summed E-state index contributed by atoms with van der Waals surface area (Å²) in [4.78, 5) is 11.0. The number of carbonyl (C=O) groups is 1. The van der Waals surface area contributed by atoms with Crippen LogP contribution in [-0.4, -0.2) is 21.8 Å². The fourth-order valence-electron chi connectivity index (χ4n) is 2.90. The number of aliphatic hydroxyl groups is 1. The third-order valence-corrected chi connectivity index (χ3v) is 4.97. The number of hydrogen-bond acceptors (Lipinski definition) is 2. The van der Waals surface area contributed by atoms with Gasteiger partial charge in [-0.2, -0.15) is 0 Å². The zero-order chi connectivity index (χ0) is 13.3. The van der Waals surface area contributed by atoms with Crippen molar-refractivity contribution in [1.82, 2.24) is 0 Å². The molecule has 0 aliphatic heterocycles. The zero-order valence-corrected chi connectivity index (χ0v) is 11.5. The number of rotatable bonds is 4. The van der Waals surface area contributed by atoms with Gasteiger partial charge in [-0.25, -0.2) is 4.79 Å². The first-order valence-corrected chi connectivity index (χ1v) is 6.67. The van der Waals surface area contributed by atoms with Gasteiger partial charge in [0.15, 0.2) is 5.60 Å². The molecule has 0 bridgehead atoms. The first kappa shape index (κ1) is 14.5. The van der Waals surface area contributed by atoms with Gasteiger partial charge in [0, 0.05) is 0 Å². The largest absolute Gasteiger partial charge is 0.479 e. The van der Waals surface area contributed by atoms with Crippen molar-refractivity contribution in [3.05, 3.63) is 0 Å². The van der Waals surface area contributed by atoms with Gasteiger partial charge in [-0.3, -0.25) is 0 Å². The second-order valence-electron chi connectivity index (χ2n) is 6.34. The molecule has 0 spiro atoms. The zero-order valence-electron chi connectivity index (χ0n) is 11.5. The SMILES string of the molecule is CCC(C)(C)C1CCC(C(C)(O)C(=O)O)CC1. The molecule has 1 saturated carbocycles. The van der Waals surface area contributed by atoms with Crippen LogP contribution in [0.4, 0.5) is 0 Å². The fourth-order valence-corrected chi connectivity index (χ4v) is 2.90. The number of aliphatic carboxylic acids is 1. The lowest BCUT2D eigenvalue weighted by atomic mass is 9.65. The second-order valence-corrected chi connectivity index (χ2v) is 6.34. The van der Waals surface area contributed by atoms with Gasteiger partial charge in [-0.05, 0) is 49.9 Å². The van der Waals surface area contributed by atoms with Crippen molar-refractivity contribution in [2.75, 3.05) is 0 Å². The molecule has 3 heteroatoms. The van der Waals surface area contributed by atoms with Crippen molar-refractivity contribution >= 4 is 5.97 Å². The summed E-state index contributed by atoms with van der Waals surface area (Å²) in [5, 5.41) is 19.0. The molecule has 1 atom stereocenters. The molecular formula is C14H26O3. The third-order valence-electron chi connectivity index (χ3n) is 4.97. The highest BCUT2D eigenvalue weighted by Gasteiger charge is 2.42. The van der Waals surface area contributed by atoms with Crippen LogP contribution in [0.25, 0.3) is 0 Å². The predicted octanol–water partition coefficient (Wildman–Crippen LogP) is 3.06. The maximum atomic E-state index is 11.0. The van der Waals surface area contributed by atoms with E-state index in [0.29, 0.717) is 11.3 Å². The lowest BCUT2D eigenvalue weighted by Gasteiger charge is -2.41. The van der Waals surface area contributed by atoms with E-state index >= 15 is 0 Å². The highest BCUT2D eigenvalue weighted by molar-refractivity contribution is 5.76. The van der Waals surface area contributed by atoms with Crippen LogP contribution in [0.2, 0.25) is 0 Å². The Labute approximate surface area is 104 Å². The summed E-state index contributed by atoms with van der Waals surface area (Å²) in [7, 11) is 0. The molecule has 0 saturated heterocycles. The van der Waals surface area contributed by atoms with Gasteiger partial charge >= 0.3 is 5.97 Å². The monoisotopic (exact) mass is 242 g/mol. The van der Waals surface area contributed by atoms with E-state index in [1.807, 2.05) is 0 Å². The van der Waals surface area contributed by atoms with E-state index in [1.165, 1.54) is 6.92 Å². The van der Waals surface area contributed by atoms with E-state index in [2.05, 4.69) is 20.8 Å². The minimum absolute atomic E-state index is 0.0936. The smallest absolute Gasteiger partial charge is 0.335 e. The normalized spacial score (nSPS) is 29.7. The maximum absolute atomic E-state index is 11.0. The van der Waals surface area contributed by atoms with Gasteiger partial charge in [-0.1, -0.05) is 27.2 Å². The Morgan fingerprint density at radius 2 is 1.53 bits per heavy atom. The van der Waals surface area contributed by atoms with Gasteiger partial charge in [0.2, 0.25) is 0 Å². The molecule has 0 aromatic rings. The van der Waals surface area contributed by atoms with Gasteiger partial charge in [0.25, 0.3) is 0 Å². The molecule has 1 rings (SSSR count). The molecule has 2 N–H and O–H groups in total. The molecule has 0 aromatic heterocycles. The highest BCUT2D eigenvalue weighted by atomic mass is 16.4. The summed E-state index contributed by atoms with van der Waals surface area (Å²) in [6, 6.07) is 0. The number of hydrogen-bond donors (Lipinski definition) is 2. The first-order chi connectivity index (χ1) is 7.71. The third kappa shape index (κ3) is 3.01. The molecule has 0 heterocycles. The molecule has 1 aliphatic rings. The van der Waals surface area contributed by atoms with Crippen LogP contribution in [0, 0.1) is 17.3 Å². The van der Waals surface area contributed by atoms with Crippen molar-refractivity contribution in [2.45, 2.75) is 65.4 Å². The minimum Gasteiger partial charge on any atom is -0.479 e. The summed E-state index contributed by atoms with van der Waals surface area (Å²) in [6.07, 6.45) is 4.88. The molecule has 17 heavy (non-hydrogen) atoms. The Hall–Kier alpha value is -0.570. The van der Waals surface area contributed by atoms with Crippen molar-refractivity contribution in [1.29, 1.82) is 0 Å². The van der Waals surface area contributed by atoms with Crippen molar-refractivity contribution in [2.24, 2.45) is 17.3 Å². The van der Waals surface area contributed by atoms with Crippen molar-refractivity contribution in [3.63, 3.8) is 0 Å². The Morgan fingerprint density at radius 3 is 1.88 bits per heavy atom. The van der Waals surface area contributed by atoms with Crippen molar-refractivity contribution < 1.29 is 15.0 Å². The summed E-state index contributed by atoms with van der Waals surface area (Å²) < 4.78 is 0. The van der Waals surface area contributed by atoms with Gasteiger partial charge in [0.05, 0.1) is 0 Å². The highest BCUT2D eigenvalue weighted by Crippen LogP contribution is 2.44. The number of carboxylic acids is 1. The summed E-state index contributed by atoms with van der Waals surface area (Å²) in [6.45, 7) is 8.21. The van der Waals surface area contributed by atoms with Crippen LogP contribution in [0.5, 0.6) is 0 Å². The maximum Gasteiger partial charge on any atom is 0.335 e. The Kier molecular flexibility index (Phi) is 4.23. The molecular weight excluding hydrogens is 216 g/mol. The molecule has 100 valence electrons. The van der Waals surface area contributed by atoms with E-state index < -0.39 is 11.6 Å². The Bertz CT molecular complexity index is 273. The fraction of sp³-hybridized carbons (Fsp3) is 0.929. The summed E-state index contributed by atoms with van der Waals surface area (Å²) in [5.74, 6) is -0.520. The van der Waals surface area contributed by atoms with E-state index in [-0.39, 0.29) is 5.92 Å². The summed E-state index contributed by atoms with van der Waals surface area (Å²) in [5.41, 5.74) is -1.22. The van der Waals surface area contributed by atoms with Gasteiger partial charge in [-0.15, -0.1) is 0 Å². The predicted molar refractivity (Wildman–Crippen MR) is 67.8 cm³/mol. The second kappa shape index (κ2) is 4.97. The van der Waals surface area contributed by atoms with Crippen LogP contribution in [0.15, 0.2) is 0 Å². The lowest BCUT2D eigenvalue weighted by molar-refractivity contribution is -0.164. The molecule has 0 aromatic carbocycles. The molecule has 0 radical (unpaired) electrons. The quantitative estimate of drug-likeness (QED) is 0.796. The Balaban J connectivity index is 2.60. The molecule has 0 amide bonds. The molecule has 3 nitrogen and oxygen atoms in total. The standard InChI is InChI=1S/C14H26O3/c1-5-13(2,3)10-6-8-11(9-7-10)14(4,17)12(15)16/h10-11,17H,5-9H2,1-4H3,(H,15,16). The van der Waals surface area contributed by atoms with Crippen LogP contribution in [-0.2, 0) is 4.79 Å². The van der Waals surface area contributed by atoms with Crippen LogP contribution in [0.3, 0.4) is 0 Å². The topological polar surface area (TPSA) is 57.5 Å². The molecule has 1 unspecified atom stereocenters. The first-order valence-electron chi connectivity index (χ1n) is 6.67. The van der Waals surface area contributed by atoms with Gasteiger partial charge < -0.3 is 10.2 Å². The number of carboxylic acid groups (broad SMARTS) is 1. The minimum atomic E-state index is -1.55.